The molecule has 1 aromatic heterocycles. The first kappa shape index (κ1) is 18.1. The van der Waals surface area contributed by atoms with Crippen LogP contribution in [0.4, 0.5) is 19.3 Å². The van der Waals surface area contributed by atoms with Gasteiger partial charge >= 0.3 is 6.03 Å². The Kier molecular flexibility index (Phi) is 5.68. The third-order valence-corrected chi connectivity index (χ3v) is 4.32. The summed E-state index contributed by atoms with van der Waals surface area (Å²) in [6.07, 6.45) is 1.82. The predicted octanol–water partition coefficient (Wildman–Crippen LogP) is 4.90. The molecule has 3 rings (SSSR count). The van der Waals surface area contributed by atoms with Crippen molar-refractivity contribution in [1.82, 2.24) is 9.88 Å². The molecule has 0 atom stereocenters. The van der Waals surface area contributed by atoms with Gasteiger partial charge < -0.3 is 15.2 Å². The van der Waals surface area contributed by atoms with Crippen molar-refractivity contribution in [3.63, 3.8) is 0 Å². The maximum Gasteiger partial charge on any atom is 0.319 e. The monoisotopic (exact) mass is 419 g/mol. The summed E-state index contributed by atoms with van der Waals surface area (Å²) in [5.74, 6) is -0.805. The van der Waals surface area contributed by atoms with E-state index in [2.05, 4.69) is 26.6 Å². The molecule has 0 aliphatic carbocycles. The van der Waals surface area contributed by atoms with Crippen LogP contribution >= 0.6 is 15.9 Å². The number of hydrogen-bond acceptors (Lipinski definition) is 1. The van der Waals surface area contributed by atoms with Crippen LogP contribution in [0.2, 0.25) is 0 Å². The van der Waals surface area contributed by atoms with Crippen molar-refractivity contribution in [2.75, 3.05) is 5.32 Å². The van der Waals surface area contributed by atoms with Crippen molar-refractivity contribution >= 4 is 27.6 Å². The number of urea groups is 1. The molecular formula is C19H16BrF2N3O. The van der Waals surface area contributed by atoms with E-state index in [-0.39, 0.29) is 18.0 Å². The summed E-state index contributed by atoms with van der Waals surface area (Å²) in [5.41, 5.74) is 1.46. The number of anilines is 1. The Morgan fingerprint density at radius 3 is 2.62 bits per heavy atom. The first-order chi connectivity index (χ1) is 12.5. The summed E-state index contributed by atoms with van der Waals surface area (Å²) in [7, 11) is 0. The zero-order chi connectivity index (χ0) is 18.5. The number of amides is 2. The molecule has 3 aromatic rings. The normalized spacial score (nSPS) is 10.6. The zero-order valence-electron chi connectivity index (χ0n) is 13.7. The maximum absolute atomic E-state index is 13.8. The Bertz CT molecular complexity index is 927. The SMILES string of the molecule is O=C(NCc1cccn1Cc1ccccc1F)Nc1ccc(Br)cc1F. The fourth-order valence-corrected chi connectivity index (χ4v) is 2.84. The number of aromatic nitrogens is 1. The Balaban J connectivity index is 1.61. The van der Waals surface area contributed by atoms with Crippen LogP contribution in [0.5, 0.6) is 0 Å². The van der Waals surface area contributed by atoms with Crippen molar-refractivity contribution in [2.24, 2.45) is 0 Å². The van der Waals surface area contributed by atoms with Crippen LogP contribution in [0.15, 0.2) is 65.3 Å². The van der Waals surface area contributed by atoms with Gasteiger partial charge in [0.2, 0.25) is 0 Å². The van der Waals surface area contributed by atoms with Gasteiger partial charge in [0.1, 0.15) is 11.6 Å². The Hall–Kier alpha value is -2.67. The van der Waals surface area contributed by atoms with Gasteiger partial charge in [-0.25, -0.2) is 13.6 Å². The summed E-state index contributed by atoms with van der Waals surface area (Å²) in [5, 5.41) is 5.14. The van der Waals surface area contributed by atoms with Crippen LogP contribution < -0.4 is 10.6 Å². The molecule has 0 aliphatic rings. The standard InChI is InChI=1S/C19H16BrF2N3O/c20-14-7-8-18(17(22)10-14)24-19(26)23-11-15-5-3-9-25(15)12-13-4-1-2-6-16(13)21/h1-10H,11-12H2,(H2,23,24,26). The number of benzene rings is 2. The highest BCUT2D eigenvalue weighted by Crippen LogP contribution is 2.19. The molecule has 2 N–H and O–H groups in total. The van der Waals surface area contributed by atoms with E-state index in [1.807, 2.05) is 22.9 Å². The topological polar surface area (TPSA) is 46.1 Å². The van der Waals surface area contributed by atoms with E-state index < -0.39 is 11.8 Å². The summed E-state index contributed by atoms with van der Waals surface area (Å²) < 4.78 is 30.0. The third kappa shape index (κ3) is 4.49. The molecule has 0 saturated carbocycles. The van der Waals surface area contributed by atoms with E-state index in [4.69, 9.17) is 0 Å². The van der Waals surface area contributed by atoms with E-state index in [0.29, 0.717) is 16.6 Å². The minimum absolute atomic E-state index is 0.0902. The summed E-state index contributed by atoms with van der Waals surface area (Å²) >= 11 is 3.16. The van der Waals surface area contributed by atoms with Crippen molar-refractivity contribution in [3.05, 3.63) is 88.2 Å². The second-order valence-corrected chi connectivity index (χ2v) is 6.57. The van der Waals surface area contributed by atoms with E-state index >= 15 is 0 Å². The molecule has 2 aromatic carbocycles. The van der Waals surface area contributed by atoms with Gasteiger partial charge in [0, 0.05) is 21.9 Å². The molecule has 1 heterocycles. The van der Waals surface area contributed by atoms with Crippen LogP contribution in [0.25, 0.3) is 0 Å². The molecule has 0 bridgehead atoms. The van der Waals surface area contributed by atoms with Crippen LogP contribution in [0.1, 0.15) is 11.3 Å². The number of carbonyl (C=O) groups is 1. The maximum atomic E-state index is 13.8. The molecule has 26 heavy (non-hydrogen) atoms. The first-order valence-corrected chi connectivity index (χ1v) is 8.69. The van der Waals surface area contributed by atoms with Crippen LogP contribution in [0.3, 0.4) is 0 Å². The first-order valence-electron chi connectivity index (χ1n) is 7.90. The minimum Gasteiger partial charge on any atom is -0.345 e. The lowest BCUT2D eigenvalue weighted by Crippen LogP contribution is -2.29. The van der Waals surface area contributed by atoms with Crippen LogP contribution in [-0.2, 0) is 13.1 Å². The van der Waals surface area contributed by atoms with Gasteiger partial charge in [-0.1, -0.05) is 34.1 Å². The van der Waals surface area contributed by atoms with Crippen molar-refractivity contribution in [2.45, 2.75) is 13.1 Å². The Morgan fingerprint density at radius 1 is 1.04 bits per heavy atom. The van der Waals surface area contributed by atoms with Gasteiger partial charge in [0.05, 0.1) is 18.8 Å². The molecular weight excluding hydrogens is 404 g/mol. The molecule has 0 spiro atoms. The lowest BCUT2D eigenvalue weighted by Gasteiger charge is -2.12. The van der Waals surface area contributed by atoms with Crippen LogP contribution in [0, 0.1) is 11.6 Å². The van der Waals surface area contributed by atoms with Crippen molar-refractivity contribution < 1.29 is 13.6 Å². The Morgan fingerprint density at radius 2 is 1.85 bits per heavy atom. The van der Waals surface area contributed by atoms with Gasteiger partial charge in [0.15, 0.2) is 0 Å². The second-order valence-electron chi connectivity index (χ2n) is 5.65. The number of nitrogens with zero attached hydrogens (tertiary/aromatic N) is 1. The van der Waals surface area contributed by atoms with Gasteiger partial charge in [0.25, 0.3) is 0 Å². The number of carbonyl (C=O) groups excluding carboxylic acids is 1. The average molecular weight is 420 g/mol. The van der Waals surface area contributed by atoms with Gasteiger partial charge in [-0.15, -0.1) is 0 Å². The summed E-state index contributed by atoms with van der Waals surface area (Å²) in [6, 6.07) is 14.1. The molecule has 134 valence electrons. The van der Waals surface area contributed by atoms with Gasteiger partial charge in [-0.2, -0.15) is 0 Å². The predicted molar refractivity (Wildman–Crippen MR) is 99.9 cm³/mol. The summed E-state index contributed by atoms with van der Waals surface area (Å²) in [4.78, 5) is 12.0. The van der Waals surface area contributed by atoms with Crippen molar-refractivity contribution in [3.8, 4) is 0 Å². The highest BCUT2D eigenvalue weighted by atomic mass is 79.9. The fraction of sp³-hybridized carbons (Fsp3) is 0.105. The lowest BCUT2D eigenvalue weighted by molar-refractivity contribution is 0.251. The number of rotatable bonds is 5. The number of hydrogen-bond donors (Lipinski definition) is 2. The molecule has 0 unspecified atom stereocenters. The lowest BCUT2D eigenvalue weighted by atomic mass is 10.2. The largest absolute Gasteiger partial charge is 0.345 e. The smallest absolute Gasteiger partial charge is 0.319 e. The average Bonchev–Trinajstić information content (AvgIpc) is 3.05. The van der Waals surface area contributed by atoms with E-state index in [0.717, 1.165) is 5.69 Å². The van der Waals surface area contributed by atoms with E-state index in [1.165, 1.54) is 18.2 Å². The molecule has 4 nitrogen and oxygen atoms in total. The molecule has 0 fully saturated rings. The van der Waals surface area contributed by atoms with E-state index in [9.17, 15) is 13.6 Å². The molecule has 7 heteroatoms. The van der Waals surface area contributed by atoms with Gasteiger partial charge in [-0.05, 0) is 36.4 Å². The molecule has 0 aliphatic heterocycles. The molecule has 0 saturated heterocycles. The third-order valence-electron chi connectivity index (χ3n) is 3.83. The second kappa shape index (κ2) is 8.14. The van der Waals surface area contributed by atoms with Crippen molar-refractivity contribution in [1.29, 1.82) is 0 Å². The fourth-order valence-electron chi connectivity index (χ4n) is 2.50. The number of nitrogens with one attached hydrogen (secondary N) is 2. The Labute approximate surface area is 158 Å². The minimum atomic E-state index is -0.530. The molecule has 2 amide bonds. The quantitative estimate of drug-likeness (QED) is 0.606. The van der Waals surface area contributed by atoms with Gasteiger partial charge in [-0.3, -0.25) is 0 Å². The zero-order valence-corrected chi connectivity index (χ0v) is 15.3. The van der Waals surface area contributed by atoms with Crippen LogP contribution in [-0.4, -0.2) is 10.6 Å². The highest BCUT2D eigenvalue weighted by molar-refractivity contribution is 9.10. The summed E-state index contributed by atoms with van der Waals surface area (Å²) in [6.45, 7) is 0.588. The number of halogens is 3. The molecule has 0 radical (unpaired) electrons. The van der Waals surface area contributed by atoms with E-state index in [1.54, 1.807) is 24.3 Å². The highest BCUT2D eigenvalue weighted by Gasteiger charge is 2.09.